The first-order valence-electron chi connectivity index (χ1n) is 7.34. The van der Waals surface area contributed by atoms with Gasteiger partial charge < -0.3 is 9.16 Å². The van der Waals surface area contributed by atoms with Gasteiger partial charge in [0.25, 0.3) is 0 Å². The summed E-state index contributed by atoms with van der Waals surface area (Å²) in [7, 11) is -1.71. The molecule has 23 heavy (non-hydrogen) atoms. The molecule has 0 unspecified atom stereocenters. The van der Waals surface area contributed by atoms with Gasteiger partial charge in [-0.05, 0) is 37.4 Å². The van der Waals surface area contributed by atoms with Gasteiger partial charge in [0.15, 0.2) is 0 Å². The molecule has 0 aliphatic rings. The van der Waals surface area contributed by atoms with Crippen molar-refractivity contribution in [3.05, 3.63) is 72.0 Å². The highest BCUT2D eigenvalue weighted by atomic mass is 28.4. The smallest absolute Gasteiger partial charge is 0.337 e. The number of carbonyl (C=O) groups excluding carboxylic acids is 1. The van der Waals surface area contributed by atoms with Crippen molar-refractivity contribution in [3.8, 4) is 0 Å². The number of allylic oxidation sites excluding steroid dienone is 3. The summed E-state index contributed by atoms with van der Waals surface area (Å²) in [5, 5.41) is 0. The number of halogens is 1. The molecule has 0 atom stereocenters. The quantitative estimate of drug-likeness (QED) is 0.230. The normalized spacial score (nSPS) is 12.3. The molecule has 1 aromatic rings. The van der Waals surface area contributed by atoms with Gasteiger partial charge in [0.1, 0.15) is 13.3 Å². The number of esters is 1. The highest BCUT2D eigenvalue weighted by molar-refractivity contribution is 6.70. The Morgan fingerprint density at radius 3 is 2.48 bits per heavy atom. The summed E-state index contributed by atoms with van der Waals surface area (Å²) in [4.78, 5) is 11.8. The van der Waals surface area contributed by atoms with Crippen LogP contribution in [-0.2, 0) is 20.6 Å². The first-order valence-corrected chi connectivity index (χ1v) is 10.7. The highest BCUT2D eigenvalue weighted by Crippen LogP contribution is 2.10. The van der Waals surface area contributed by atoms with E-state index in [1.807, 2.05) is 50.0 Å². The number of hydrogen-bond donors (Lipinski definition) is 0. The van der Waals surface area contributed by atoms with Crippen LogP contribution in [-0.4, -0.2) is 21.0 Å². The molecular weight excluding hydrogens is 311 g/mol. The van der Waals surface area contributed by atoms with Crippen molar-refractivity contribution in [3.63, 3.8) is 0 Å². The van der Waals surface area contributed by atoms with E-state index in [0.717, 1.165) is 5.56 Å². The zero-order valence-corrected chi connectivity index (χ0v) is 14.8. The molecule has 3 nitrogen and oxygen atoms in total. The standard InChI is InChI=1S/C18H23FO3Si/c1-15(22-23(2,3)4)9-8-12-17(13-19)18(20)21-14-16-10-6-5-7-11-16/h5-12H,1,13-14H2,2-4H3/b9-8+,17-12+. The Balaban J connectivity index is 2.57. The van der Waals surface area contributed by atoms with Crippen molar-refractivity contribution in [2.45, 2.75) is 26.2 Å². The first-order chi connectivity index (χ1) is 10.8. The van der Waals surface area contributed by atoms with E-state index in [4.69, 9.17) is 9.16 Å². The molecular formula is C18H23FO3Si. The summed E-state index contributed by atoms with van der Waals surface area (Å²) in [6, 6.07) is 9.25. The minimum absolute atomic E-state index is 0.0435. The predicted octanol–water partition coefficient (Wildman–Crippen LogP) is 4.55. The lowest BCUT2D eigenvalue weighted by atomic mass is 10.2. The van der Waals surface area contributed by atoms with Crippen LogP contribution in [0.4, 0.5) is 4.39 Å². The van der Waals surface area contributed by atoms with Crippen molar-refractivity contribution >= 4 is 14.3 Å². The van der Waals surface area contributed by atoms with Gasteiger partial charge in [-0.15, -0.1) is 0 Å². The van der Waals surface area contributed by atoms with Crippen LogP contribution in [0.2, 0.25) is 19.6 Å². The topological polar surface area (TPSA) is 35.5 Å². The molecule has 5 heteroatoms. The maximum atomic E-state index is 13.0. The van der Waals surface area contributed by atoms with E-state index < -0.39 is 21.0 Å². The van der Waals surface area contributed by atoms with Crippen molar-refractivity contribution in [2.75, 3.05) is 6.67 Å². The molecule has 0 amide bonds. The third-order valence-electron chi connectivity index (χ3n) is 2.64. The van der Waals surface area contributed by atoms with E-state index in [1.54, 1.807) is 12.2 Å². The number of rotatable bonds is 8. The fraction of sp³-hybridized carbons (Fsp3) is 0.278. The average Bonchev–Trinajstić information content (AvgIpc) is 2.48. The molecule has 0 bridgehead atoms. The number of hydrogen-bond acceptors (Lipinski definition) is 3. The van der Waals surface area contributed by atoms with Crippen LogP contribution in [0.15, 0.2) is 66.5 Å². The maximum Gasteiger partial charge on any atom is 0.337 e. The van der Waals surface area contributed by atoms with Gasteiger partial charge in [0.05, 0.1) is 11.3 Å². The summed E-state index contributed by atoms with van der Waals surface area (Å²) in [5.74, 6) is -0.172. The van der Waals surface area contributed by atoms with Crippen molar-refractivity contribution in [2.24, 2.45) is 0 Å². The number of alkyl halides is 1. The Labute approximate surface area is 138 Å². The van der Waals surface area contributed by atoms with Crippen LogP contribution in [0, 0.1) is 0 Å². The third kappa shape index (κ3) is 8.16. The summed E-state index contributed by atoms with van der Waals surface area (Å²) < 4.78 is 23.7. The number of carbonyl (C=O) groups is 1. The van der Waals surface area contributed by atoms with Crippen molar-refractivity contribution < 1.29 is 18.3 Å². The van der Waals surface area contributed by atoms with E-state index in [0.29, 0.717) is 5.76 Å². The van der Waals surface area contributed by atoms with Crippen LogP contribution < -0.4 is 0 Å². The molecule has 0 heterocycles. The van der Waals surface area contributed by atoms with Crippen LogP contribution in [0.5, 0.6) is 0 Å². The lowest BCUT2D eigenvalue weighted by molar-refractivity contribution is -0.140. The summed E-state index contributed by atoms with van der Waals surface area (Å²) in [5.41, 5.74) is 0.810. The Bertz CT molecular complexity index is 586. The predicted molar refractivity (Wildman–Crippen MR) is 93.0 cm³/mol. The Morgan fingerprint density at radius 2 is 1.91 bits per heavy atom. The summed E-state index contributed by atoms with van der Waals surface area (Å²) >= 11 is 0. The van der Waals surface area contributed by atoms with Crippen LogP contribution in [0.3, 0.4) is 0 Å². The van der Waals surface area contributed by atoms with Crippen molar-refractivity contribution in [1.29, 1.82) is 0 Å². The van der Waals surface area contributed by atoms with Gasteiger partial charge in [-0.25, -0.2) is 9.18 Å². The van der Waals surface area contributed by atoms with Gasteiger partial charge in [0.2, 0.25) is 8.32 Å². The largest absolute Gasteiger partial charge is 0.545 e. The minimum Gasteiger partial charge on any atom is -0.545 e. The monoisotopic (exact) mass is 334 g/mol. The second-order valence-electron chi connectivity index (χ2n) is 5.93. The molecule has 0 aliphatic carbocycles. The van der Waals surface area contributed by atoms with E-state index >= 15 is 0 Å². The maximum absolute atomic E-state index is 13.0. The van der Waals surface area contributed by atoms with Crippen molar-refractivity contribution in [1.82, 2.24) is 0 Å². The zero-order chi connectivity index (χ0) is 17.3. The summed E-state index contributed by atoms with van der Waals surface area (Å²) in [6.07, 6.45) is 4.53. The molecule has 0 saturated carbocycles. The second kappa shape index (κ2) is 9.10. The van der Waals surface area contributed by atoms with Gasteiger partial charge in [-0.3, -0.25) is 0 Å². The Kier molecular flexibility index (Phi) is 7.48. The van der Waals surface area contributed by atoms with E-state index in [2.05, 4.69) is 6.58 Å². The fourth-order valence-electron chi connectivity index (χ4n) is 1.68. The third-order valence-corrected chi connectivity index (χ3v) is 3.51. The number of ether oxygens (including phenoxy) is 1. The number of benzene rings is 1. The van der Waals surface area contributed by atoms with Crippen LogP contribution in [0.1, 0.15) is 5.56 Å². The van der Waals surface area contributed by atoms with E-state index in [1.165, 1.54) is 6.08 Å². The second-order valence-corrected chi connectivity index (χ2v) is 10.4. The highest BCUT2D eigenvalue weighted by Gasteiger charge is 2.15. The first kappa shape index (κ1) is 18.9. The van der Waals surface area contributed by atoms with Gasteiger partial charge in [-0.1, -0.05) is 43.0 Å². The SMILES string of the molecule is C=C(/C=C/C=C(\CF)C(=O)OCc1ccccc1)O[Si](C)(C)C. The zero-order valence-electron chi connectivity index (χ0n) is 13.8. The molecule has 1 aromatic carbocycles. The molecule has 0 N–H and O–H groups in total. The Hall–Kier alpha value is -2.14. The van der Waals surface area contributed by atoms with Gasteiger partial charge >= 0.3 is 5.97 Å². The molecule has 1 rings (SSSR count). The fourth-order valence-corrected chi connectivity index (χ4v) is 2.54. The molecule has 124 valence electrons. The molecule has 0 aromatic heterocycles. The average molecular weight is 334 g/mol. The lowest BCUT2D eigenvalue weighted by Crippen LogP contribution is -2.23. The molecule has 0 radical (unpaired) electrons. The van der Waals surface area contributed by atoms with E-state index in [-0.39, 0.29) is 12.2 Å². The van der Waals surface area contributed by atoms with Crippen LogP contribution >= 0.6 is 0 Å². The van der Waals surface area contributed by atoms with Gasteiger partial charge in [0, 0.05) is 0 Å². The Morgan fingerprint density at radius 1 is 1.26 bits per heavy atom. The van der Waals surface area contributed by atoms with E-state index in [9.17, 15) is 9.18 Å². The molecule has 0 spiro atoms. The minimum atomic E-state index is -1.71. The summed E-state index contributed by atoms with van der Waals surface area (Å²) in [6.45, 7) is 9.11. The molecule has 0 saturated heterocycles. The van der Waals surface area contributed by atoms with Gasteiger partial charge in [-0.2, -0.15) is 0 Å². The lowest BCUT2D eigenvalue weighted by Gasteiger charge is -2.18. The molecule has 0 fully saturated rings. The van der Waals surface area contributed by atoms with Crippen LogP contribution in [0.25, 0.3) is 0 Å². The molecule has 0 aliphatic heterocycles.